The van der Waals surface area contributed by atoms with Gasteiger partial charge in [0.15, 0.2) is 0 Å². The number of pyridine rings is 1. The van der Waals surface area contributed by atoms with Crippen LogP contribution in [0, 0.1) is 12.8 Å². The van der Waals surface area contributed by atoms with E-state index in [2.05, 4.69) is 10.3 Å². The highest BCUT2D eigenvalue weighted by Gasteiger charge is 2.36. The molecule has 1 aromatic heterocycles. The summed E-state index contributed by atoms with van der Waals surface area (Å²) in [5.74, 6) is -0.972. The largest absolute Gasteiger partial charge is 0.336 e. The summed E-state index contributed by atoms with van der Waals surface area (Å²) >= 11 is 0. The Morgan fingerprint density at radius 3 is 2.64 bits per heavy atom. The number of carbonyl (C=O) groups is 3. The van der Waals surface area contributed by atoms with Crippen LogP contribution in [-0.4, -0.2) is 52.6 Å². The summed E-state index contributed by atoms with van der Waals surface area (Å²) in [7, 11) is 1.59. The van der Waals surface area contributed by atoms with Gasteiger partial charge in [0.25, 0.3) is 0 Å². The van der Waals surface area contributed by atoms with Crippen LogP contribution < -0.4 is 5.32 Å². The number of amides is 3. The lowest BCUT2D eigenvalue weighted by Crippen LogP contribution is -2.39. The predicted octanol–water partition coefficient (Wildman–Crippen LogP) is 1.84. The van der Waals surface area contributed by atoms with Crippen molar-refractivity contribution in [3.63, 3.8) is 0 Å². The normalized spacial score (nSPS) is 16.1. The average Bonchev–Trinajstić information content (AvgIpc) is 3.04. The third kappa shape index (κ3) is 4.94. The Morgan fingerprint density at radius 1 is 1.21 bits per heavy atom. The quantitative estimate of drug-likeness (QED) is 0.829. The SMILES string of the molecule is Cc1ccc(NC(=O)CN(C)C(=O)C2CC(=O)N(Cc3ccccn3)C2)cc1. The molecule has 7 nitrogen and oxygen atoms in total. The maximum Gasteiger partial charge on any atom is 0.243 e. The number of hydrogen-bond donors (Lipinski definition) is 1. The van der Waals surface area contributed by atoms with Crippen LogP contribution in [0.1, 0.15) is 17.7 Å². The minimum atomic E-state index is -0.437. The van der Waals surface area contributed by atoms with Crippen molar-refractivity contribution >= 4 is 23.4 Å². The van der Waals surface area contributed by atoms with Gasteiger partial charge >= 0.3 is 0 Å². The maximum atomic E-state index is 12.7. The summed E-state index contributed by atoms with van der Waals surface area (Å²) in [4.78, 5) is 44.4. The third-order valence-corrected chi connectivity index (χ3v) is 4.74. The molecule has 1 unspecified atom stereocenters. The van der Waals surface area contributed by atoms with E-state index in [4.69, 9.17) is 0 Å². The predicted molar refractivity (Wildman–Crippen MR) is 105 cm³/mol. The molecule has 2 aromatic rings. The van der Waals surface area contributed by atoms with E-state index in [0.717, 1.165) is 11.3 Å². The zero-order chi connectivity index (χ0) is 20.1. The summed E-state index contributed by atoms with van der Waals surface area (Å²) in [6.45, 7) is 2.65. The van der Waals surface area contributed by atoms with Crippen LogP contribution >= 0.6 is 0 Å². The zero-order valence-corrected chi connectivity index (χ0v) is 16.1. The molecular weight excluding hydrogens is 356 g/mol. The molecule has 1 aromatic carbocycles. The van der Waals surface area contributed by atoms with Gasteiger partial charge in [-0.25, -0.2) is 0 Å². The Bertz CT molecular complexity index is 852. The van der Waals surface area contributed by atoms with E-state index in [9.17, 15) is 14.4 Å². The first kappa shape index (κ1) is 19.5. The fourth-order valence-corrected chi connectivity index (χ4v) is 3.22. The first-order valence-corrected chi connectivity index (χ1v) is 9.21. The first-order valence-electron chi connectivity index (χ1n) is 9.21. The van der Waals surface area contributed by atoms with Crippen LogP contribution in [0.15, 0.2) is 48.7 Å². The van der Waals surface area contributed by atoms with E-state index in [1.165, 1.54) is 4.90 Å². The molecule has 1 N–H and O–H groups in total. The summed E-state index contributed by atoms with van der Waals surface area (Å²) in [6.07, 6.45) is 1.84. The van der Waals surface area contributed by atoms with Crippen LogP contribution in [0.25, 0.3) is 0 Å². The fraction of sp³-hybridized carbons (Fsp3) is 0.333. The highest BCUT2D eigenvalue weighted by molar-refractivity contribution is 5.96. The van der Waals surface area contributed by atoms with Crippen LogP contribution in [0.5, 0.6) is 0 Å². The highest BCUT2D eigenvalue weighted by atomic mass is 16.2. The number of nitrogens with one attached hydrogen (secondary N) is 1. The molecule has 0 radical (unpaired) electrons. The van der Waals surface area contributed by atoms with E-state index in [1.54, 1.807) is 18.1 Å². The monoisotopic (exact) mass is 380 g/mol. The van der Waals surface area contributed by atoms with Crippen LogP contribution in [0.3, 0.4) is 0 Å². The van der Waals surface area contributed by atoms with Gasteiger partial charge in [-0.2, -0.15) is 0 Å². The van der Waals surface area contributed by atoms with Gasteiger partial charge in [0, 0.05) is 31.9 Å². The molecule has 3 rings (SSSR count). The number of likely N-dealkylation sites (tertiary alicyclic amines) is 1. The number of benzene rings is 1. The lowest BCUT2D eigenvalue weighted by atomic mass is 10.1. The van der Waals surface area contributed by atoms with Crippen molar-refractivity contribution in [1.82, 2.24) is 14.8 Å². The number of carbonyl (C=O) groups excluding carboxylic acids is 3. The molecule has 1 saturated heterocycles. The van der Waals surface area contributed by atoms with Gasteiger partial charge in [-0.15, -0.1) is 0 Å². The lowest BCUT2D eigenvalue weighted by molar-refractivity contribution is -0.137. The Balaban J connectivity index is 1.52. The van der Waals surface area contributed by atoms with Crippen molar-refractivity contribution in [2.24, 2.45) is 5.92 Å². The molecule has 0 spiro atoms. The summed E-state index contributed by atoms with van der Waals surface area (Å²) < 4.78 is 0. The standard InChI is InChI=1S/C21H24N4O3/c1-15-6-8-17(9-7-15)23-19(26)14-24(2)21(28)16-11-20(27)25(12-16)13-18-5-3-4-10-22-18/h3-10,16H,11-14H2,1-2H3,(H,23,26). The highest BCUT2D eigenvalue weighted by Crippen LogP contribution is 2.21. The second-order valence-electron chi connectivity index (χ2n) is 7.10. The summed E-state index contributed by atoms with van der Waals surface area (Å²) in [5.41, 5.74) is 2.58. The molecule has 0 aliphatic carbocycles. The second-order valence-corrected chi connectivity index (χ2v) is 7.10. The molecule has 146 valence electrons. The Hall–Kier alpha value is -3.22. The van der Waals surface area contributed by atoms with Crippen molar-refractivity contribution in [3.05, 3.63) is 59.9 Å². The molecule has 28 heavy (non-hydrogen) atoms. The van der Waals surface area contributed by atoms with Crippen LogP contribution in [0.2, 0.25) is 0 Å². The van der Waals surface area contributed by atoms with Gasteiger partial charge in [0.05, 0.1) is 24.7 Å². The zero-order valence-electron chi connectivity index (χ0n) is 16.1. The molecule has 1 aliphatic heterocycles. The van der Waals surface area contributed by atoms with Gasteiger partial charge in [0.2, 0.25) is 17.7 Å². The molecule has 0 saturated carbocycles. The molecule has 7 heteroatoms. The van der Waals surface area contributed by atoms with Crippen LogP contribution in [0.4, 0.5) is 5.69 Å². The van der Waals surface area contributed by atoms with E-state index in [1.807, 2.05) is 49.4 Å². The van der Waals surface area contributed by atoms with Gasteiger partial charge in [-0.3, -0.25) is 19.4 Å². The van der Waals surface area contributed by atoms with Crippen molar-refractivity contribution in [3.8, 4) is 0 Å². The Morgan fingerprint density at radius 2 is 1.96 bits per heavy atom. The van der Waals surface area contributed by atoms with Gasteiger partial charge in [-0.05, 0) is 31.2 Å². The van der Waals surface area contributed by atoms with Gasteiger partial charge in [0.1, 0.15) is 0 Å². The summed E-state index contributed by atoms with van der Waals surface area (Å²) in [6, 6.07) is 13.0. The van der Waals surface area contributed by atoms with E-state index >= 15 is 0 Å². The number of rotatable bonds is 6. The molecule has 0 bridgehead atoms. The average molecular weight is 380 g/mol. The number of likely N-dealkylation sites (N-methyl/N-ethyl adjacent to an activating group) is 1. The smallest absolute Gasteiger partial charge is 0.243 e. The maximum absolute atomic E-state index is 12.7. The topological polar surface area (TPSA) is 82.6 Å². The Kier molecular flexibility index (Phi) is 6.03. The van der Waals surface area contributed by atoms with E-state index < -0.39 is 5.92 Å². The molecule has 3 amide bonds. The van der Waals surface area contributed by atoms with Crippen molar-refractivity contribution in [2.45, 2.75) is 19.9 Å². The number of anilines is 1. The molecular formula is C21H24N4O3. The van der Waals surface area contributed by atoms with E-state index in [-0.39, 0.29) is 30.7 Å². The molecule has 2 heterocycles. The lowest BCUT2D eigenvalue weighted by Gasteiger charge is -2.21. The first-order chi connectivity index (χ1) is 13.4. The third-order valence-electron chi connectivity index (χ3n) is 4.74. The second kappa shape index (κ2) is 8.65. The van der Waals surface area contributed by atoms with Crippen LogP contribution in [-0.2, 0) is 20.9 Å². The fourth-order valence-electron chi connectivity index (χ4n) is 3.22. The Labute approximate surface area is 164 Å². The number of nitrogens with zero attached hydrogens (tertiary/aromatic N) is 3. The minimum absolute atomic E-state index is 0.0579. The number of hydrogen-bond acceptors (Lipinski definition) is 4. The molecule has 1 atom stereocenters. The number of aromatic nitrogens is 1. The minimum Gasteiger partial charge on any atom is -0.336 e. The van der Waals surface area contributed by atoms with Gasteiger partial charge in [-0.1, -0.05) is 23.8 Å². The van der Waals surface area contributed by atoms with E-state index in [0.29, 0.717) is 18.8 Å². The summed E-state index contributed by atoms with van der Waals surface area (Å²) in [5, 5.41) is 2.78. The molecule has 1 aliphatic rings. The molecule has 1 fully saturated rings. The number of aryl methyl sites for hydroxylation is 1. The van der Waals surface area contributed by atoms with Gasteiger partial charge < -0.3 is 15.1 Å². The van der Waals surface area contributed by atoms with Crippen molar-refractivity contribution in [1.29, 1.82) is 0 Å². The van der Waals surface area contributed by atoms with Crippen molar-refractivity contribution < 1.29 is 14.4 Å². The van der Waals surface area contributed by atoms with Crippen molar-refractivity contribution in [2.75, 3.05) is 25.5 Å².